The van der Waals surface area contributed by atoms with Gasteiger partial charge < -0.3 is 9.84 Å². The largest absolute Gasteiger partial charge is 0.393 e. The van der Waals surface area contributed by atoms with Crippen LogP contribution >= 0.6 is 11.6 Å². The zero-order chi connectivity index (χ0) is 15.2. The predicted molar refractivity (Wildman–Crippen MR) is 84.8 cm³/mol. The number of rotatable bonds is 7. The lowest BCUT2D eigenvalue weighted by atomic mass is 10.0. The van der Waals surface area contributed by atoms with Crippen LogP contribution in [0.2, 0.25) is 5.02 Å². The first-order chi connectivity index (χ1) is 10.2. The molecule has 0 aromatic carbocycles. The van der Waals surface area contributed by atoms with E-state index >= 15 is 0 Å². The normalized spacial score (nSPS) is 20.7. The molecule has 2 rings (SSSR count). The first-order valence-corrected chi connectivity index (χ1v) is 8.57. The number of aliphatic hydroxyl groups is 1. The number of ether oxygens (including phenoxy) is 1. The van der Waals surface area contributed by atoms with Gasteiger partial charge in [0.15, 0.2) is 0 Å². The van der Waals surface area contributed by atoms with E-state index in [1.54, 1.807) is 0 Å². The molecule has 2 heterocycles. The number of hydrogen-bond acceptors (Lipinski definition) is 3. The number of halogens is 1. The molecule has 21 heavy (non-hydrogen) atoms. The lowest BCUT2D eigenvalue weighted by Crippen LogP contribution is -2.22. The molecule has 0 saturated carbocycles. The SMILES string of the molecule is CCc1nn(CC)c(CC(O)CCC2CCCCO2)c1Cl. The molecule has 0 amide bonds. The van der Waals surface area contributed by atoms with Crippen molar-refractivity contribution in [1.29, 1.82) is 0 Å². The second kappa shape index (κ2) is 8.16. The average molecular weight is 315 g/mol. The van der Waals surface area contributed by atoms with Crippen LogP contribution in [-0.4, -0.2) is 33.7 Å². The third kappa shape index (κ3) is 4.44. The third-order valence-corrected chi connectivity index (χ3v) is 4.66. The van der Waals surface area contributed by atoms with Gasteiger partial charge in [0, 0.05) is 19.6 Å². The van der Waals surface area contributed by atoms with Crippen LogP contribution in [0.1, 0.15) is 57.3 Å². The monoisotopic (exact) mass is 314 g/mol. The van der Waals surface area contributed by atoms with Crippen LogP contribution in [-0.2, 0) is 24.1 Å². The van der Waals surface area contributed by atoms with Gasteiger partial charge in [-0.15, -0.1) is 0 Å². The maximum atomic E-state index is 10.3. The first kappa shape index (κ1) is 16.8. The molecule has 0 bridgehead atoms. The minimum Gasteiger partial charge on any atom is -0.393 e. The summed E-state index contributed by atoms with van der Waals surface area (Å²) in [6.07, 6.45) is 6.58. The fraction of sp³-hybridized carbons (Fsp3) is 0.812. The Labute approximate surface area is 132 Å². The van der Waals surface area contributed by atoms with Crippen LogP contribution in [0.25, 0.3) is 0 Å². The lowest BCUT2D eigenvalue weighted by molar-refractivity contribution is 0.00222. The van der Waals surface area contributed by atoms with Crippen LogP contribution in [0.3, 0.4) is 0 Å². The Morgan fingerprint density at radius 3 is 2.86 bits per heavy atom. The Kier molecular flexibility index (Phi) is 6.52. The highest BCUT2D eigenvalue weighted by Gasteiger charge is 2.20. The van der Waals surface area contributed by atoms with Gasteiger partial charge in [0.2, 0.25) is 0 Å². The molecule has 5 heteroatoms. The van der Waals surface area contributed by atoms with E-state index in [4.69, 9.17) is 16.3 Å². The number of nitrogens with zero attached hydrogens (tertiary/aromatic N) is 2. The topological polar surface area (TPSA) is 47.3 Å². The van der Waals surface area contributed by atoms with Gasteiger partial charge in [0.25, 0.3) is 0 Å². The number of aliphatic hydroxyl groups excluding tert-OH is 1. The smallest absolute Gasteiger partial charge is 0.0850 e. The minimum atomic E-state index is -0.375. The molecule has 1 N–H and O–H groups in total. The zero-order valence-electron chi connectivity index (χ0n) is 13.1. The van der Waals surface area contributed by atoms with Crippen LogP contribution in [0, 0.1) is 0 Å². The van der Waals surface area contributed by atoms with E-state index in [-0.39, 0.29) is 6.10 Å². The molecule has 1 aromatic rings. The summed E-state index contributed by atoms with van der Waals surface area (Å²) in [7, 11) is 0. The Morgan fingerprint density at radius 2 is 2.24 bits per heavy atom. The molecule has 1 fully saturated rings. The van der Waals surface area contributed by atoms with Gasteiger partial charge in [0.05, 0.1) is 28.6 Å². The standard InChI is InChI=1S/C16H27ClN2O2/c1-3-14-16(17)15(19(4-2)18-14)11-12(20)8-9-13-7-5-6-10-21-13/h12-13,20H,3-11H2,1-2H3. The lowest BCUT2D eigenvalue weighted by Gasteiger charge is -2.23. The summed E-state index contributed by atoms with van der Waals surface area (Å²) in [6, 6.07) is 0. The van der Waals surface area contributed by atoms with Crippen molar-refractivity contribution in [2.75, 3.05) is 6.61 Å². The van der Waals surface area contributed by atoms with Crippen molar-refractivity contribution < 1.29 is 9.84 Å². The summed E-state index contributed by atoms with van der Waals surface area (Å²) >= 11 is 6.38. The van der Waals surface area contributed by atoms with Gasteiger partial charge in [-0.05, 0) is 45.4 Å². The van der Waals surface area contributed by atoms with Gasteiger partial charge in [0.1, 0.15) is 0 Å². The highest BCUT2D eigenvalue weighted by atomic mass is 35.5. The van der Waals surface area contributed by atoms with Crippen molar-refractivity contribution in [3.63, 3.8) is 0 Å². The zero-order valence-corrected chi connectivity index (χ0v) is 13.9. The van der Waals surface area contributed by atoms with Crippen LogP contribution in [0.15, 0.2) is 0 Å². The van der Waals surface area contributed by atoms with Crippen LogP contribution in [0.4, 0.5) is 0 Å². The molecule has 0 radical (unpaired) electrons. The highest BCUT2D eigenvalue weighted by Crippen LogP contribution is 2.24. The molecule has 0 aliphatic carbocycles. The van der Waals surface area contributed by atoms with Crippen molar-refractivity contribution in [2.45, 2.75) is 77.5 Å². The Hall–Kier alpha value is -0.580. The summed E-state index contributed by atoms with van der Waals surface area (Å²) in [5.41, 5.74) is 1.89. The fourth-order valence-corrected chi connectivity index (χ4v) is 3.30. The highest BCUT2D eigenvalue weighted by molar-refractivity contribution is 6.31. The van der Waals surface area contributed by atoms with Gasteiger partial charge in [-0.2, -0.15) is 5.10 Å². The summed E-state index contributed by atoms with van der Waals surface area (Å²) in [5, 5.41) is 15.5. The average Bonchev–Trinajstić information content (AvgIpc) is 2.82. The molecule has 0 spiro atoms. The molecule has 120 valence electrons. The molecule has 4 nitrogen and oxygen atoms in total. The fourth-order valence-electron chi connectivity index (χ4n) is 2.95. The van der Waals surface area contributed by atoms with Crippen LogP contribution in [0.5, 0.6) is 0 Å². The van der Waals surface area contributed by atoms with Crippen LogP contribution < -0.4 is 0 Å². The van der Waals surface area contributed by atoms with Crippen molar-refractivity contribution in [3.8, 4) is 0 Å². The molecule has 1 aliphatic rings. The summed E-state index contributed by atoms with van der Waals surface area (Å²) in [4.78, 5) is 0. The maximum absolute atomic E-state index is 10.3. The van der Waals surface area contributed by atoms with E-state index < -0.39 is 0 Å². The summed E-state index contributed by atoms with van der Waals surface area (Å²) < 4.78 is 7.63. The van der Waals surface area contributed by atoms with Crippen molar-refractivity contribution in [2.24, 2.45) is 0 Å². The van der Waals surface area contributed by atoms with E-state index in [9.17, 15) is 5.11 Å². The van der Waals surface area contributed by atoms with Crippen molar-refractivity contribution >= 4 is 11.6 Å². The Bertz CT molecular complexity index is 442. The molecule has 1 saturated heterocycles. The van der Waals surface area contributed by atoms with E-state index in [0.29, 0.717) is 12.5 Å². The van der Waals surface area contributed by atoms with Crippen molar-refractivity contribution in [1.82, 2.24) is 9.78 Å². The van der Waals surface area contributed by atoms with Gasteiger partial charge in [-0.3, -0.25) is 4.68 Å². The number of hydrogen-bond donors (Lipinski definition) is 1. The second-order valence-electron chi connectivity index (χ2n) is 5.80. The van der Waals surface area contributed by atoms with Gasteiger partial charge in [-0.1, -0.05) is 18.5 Å². The molecule has 1 aromatic heterocycles. The first-order valence-electron chi connectivity index (χ1n) is 8.19. The summed E-state index contributed by atoms with van der Waals surface area (Å²) in [5.74, 6) is 0. The van der Waals surface area contributed by atoms with E-state index in [0.717, 1.165) is 55.2 Å². The van der Waals surface area contributed by atoms with Gasteiger partial charge >= 0.3 is 0 Å². The molecular weight excluding hydrogens is 288 g/mol. The molecule has 1 aliphatic heterocycles. The molecule has 2 unspecified atom stereocenters. The van der Waals surface area contributed by atoms with E-state index in [2.05, 4.69) is 18.9 Å². The van der Waals surface area contributed by atoms with Gasteiger partial charge in [-0.25, -0.2) is 0 Å². The second-order valence-corrected chi connectivity index (χ2v) is 6.18. The Morgan fingerprint density at radius 1 is 1.43 bits per heavy atom. The minimum absolute atomic E-state index is 0.325. The third-order valence-electron chi connectivity index (χ3n) is 4.22. The van der Waals surface area contributed by atoms with E-state index in [1.165, 1.54) is 12.8 Å². The van der Waals surface area contributed by atoms with Crippen molar-refractivity contribution in [3.05, 3.63) is 16.4 Å². The number of aryl methyl sites for hydroxylation is 2. The molecular formula is C16H27ClN2O2. The maximum Gasteiger partial charge on any atom is 0.0850 e. The Balaban J connectivity index is 1.89. The predicted octanol–water partition coefficient (Wildman–Crippen LogP) is 3.37. The quantitative estimate of drug-likeness (QED) is 0.839. The van der Waals surface area contributed by atoms with E-state index in [1.807, 2.05) is 4.68 Å². The number of aromatic nitrogens is 2. The summed E-state index contributed by atoms with van der Waals surface area (Å²) in [6.45, 7) is 5.76. The molecule has 2 atom stereocenters.